The lowest BCUT2D eigenvalue weighted by Crippen LogP contribution is -2.22. The summed E-state index contributed by atoms with van der Waals surface area (Å²) < 4.78 is 0.825. The van der Waals surface area contributed by atoms with Crippen molar-refractivity contribution in [1.82, 2.24) is 15.6 Å². The molecule has 5 nitrogen and oxygen atoms in total. The molecule has 0 spiro atoms. The van der Waals surface area contributed by atoms with Gasteiger partial charge in [0, 0.05) is 10.7 Å². The fourth-order valence-electron chi connectivity index (χ4n) is 1.18. The zero-order chi connectivity index (χ0) is 10.1. The van der Waals surface area contributed by atoms with Gasteiger partial charge in [-0.15, -0.1) is 0 Å². The number of pyridine rings is 1. The second-order valence-electron chi connectivity index (χ2n) is 2.80. The van der Waals surface area contributed by atoms with Crippen LogP contribution in [0.3, 0.4) is 0 Å². The maximum atomic E-state index is 11.2. The molecule has 1 aliphatic rings. The molecule has 0 aliphatic carbocycles. The molecule has 2 N–H and O–H groups in total. The Morgan fingerprint density at radius 2 is 2.14 bits per heavy atom. The normalized spacial score (nSPS) is 20.5. The number of imide groups is 1. The number of carbonyl (C=O) groups excluding carboxylic acids is 2. The van der Waals surface area contributed by atoms with Crippen molar-refractivity contribution < 1.29 is 9.59 Å². The highest BCUT2D eigenvalue weighted by molar-refractivity contribution is 9.10. The van der Waals surface area contributed by atoms with E-state index in [1.807, 2.05) is 0 Å². The van der Waals surface area contributed by atoms with Gasteiger partial charge in [0.2, 0.25) is 0 Å². The van der Waals surface area contributed by atoms with Gasteiger partial charge in [-0.05, 0) is 28.1 Å². The molecule has 1 fully saturated rings. The van der Waals surface area contributed by atoms with Gasteiger partial charge in [0.25, 0.3) is 5.91 Å². The Labute approximate surface area is 88.0 Å². The monoisotopic (exact) mass is 255 g/mol. The summed E-state index contributed by atoms with van der Waals surface area (Å²) in [5, 5.41) is 4.60. The van der Waals surface area contributed by atoms with Gasteiger partial charge in [0.15, 0.2) is 6.04 Å². The summed E-state index contributed by atoms with van der Waals surface area (Å²) >= 11 is 3.23. The first-order valence-corrected chi connectivity index (χ1v) is 4.69. The molecule has 6 heteroatoms. The predicted molar refractivity (Wildman–Crippen MR) is 51.4 cm³/mol. The predicted octanol–water partition coefficient (Wildman–Crippen LogP) is 0.725. The van der Waals surface area contributed by atoms with Gasteiger partial charge in [-0.2, -0.15) is 0 Å². The summed E-state index contributed by atoms with van der Waals surface area (Å²) in [7, 11) is 0. The molecular weight excluding hydrogens is 250 g/mol. The number of amides is 3. The SMILES string of the molecule is O=C1NC(=O)C(c2ccc(Br)cn2)N1. The summed E-state index contributed by atoms with van der Waals surface area (Å²) in [6.45, 7) is 0. The van der Waals surface area contributed by atoms with Crippen LogP contribution in [0.5, 0.6) is 0 Å². The number of halogens is 1. The van der Waals surface area contributed by atoms with Crippen molar-refractivity contribution in [3.8, 4) is 0 Å². The fourth-order valence-corrected chi connectivity index (χ4v) is 1.42. The number of rotatable bonds is 1. The Kier molecular flexibility index (Phi) is 2.20. The second kappa shape index (κ2) is 3.38. The third-order valence-corrected chi connectivity index (χ3v) is 2.29. The first-order chi connectivity index (χ1) is 6.66. The van der Waals surface area contributed by atoms with Gasteiger partial charge in [0.1, 0.15) is 0 Å². The highest BCUT2D eigenvalue weighted by Gasteiger charge is 2.31. The quantitative estimate of drug-likeness (QED) is 0.727. The molecule has 14 heavy (non-hydrogen) atoms. The maximum Gasteiger partial charge on any atom is 0.322 e. The molecule has 1 unspecified atom stereocenters. The molecule has 0 aromatic carbocycles. The van der Waals surface area contributed by atoms with Crippen LogP contribution in [-0.2, 0) is 4.79 Å². The lowest BCUT2D eigenvalue weighted by atomic mass is 10.2. The molecule has 1 atom stereocenters. The van der Waals surface area contributed by atoms with E-state index >= 15 is 0 Å². The Morgan fingerprint density at radius 3 is 2.64 bits per heavy atom. The van der Waals surface area contributed by atoms with Crippen molar-refractivity contribution in [2.24, 2.45) is 0 Å². The maximum absolute atomic E-state index is 11.2. The van der Waals surface area contributed by atoms with E-state index < -0.39 is 12.1 Å². The summed E-state index contributed by atoms with van der Waals surface area (Å²) in [6.07, 6.45) is 1.58. The number of aromatic nitrogens is 1. The van der Waals surface area contributed by atoms with Crippen LogP contribution in [-0.4, -0.2) is 16.9 Å². The van der Waals surface area contributed by atoms with Crippen LogP contribution in [0.15, 0.2) is 22.8 Å². The van der Waals surface area contributed by atoms with E-state index in [0.717, 1.165) is 4.47 Å². The number of urea groups is 1. The van der Waals surface area contributed by atoms with E-state index in [1.54, 1.807) is 18.3 Å². The average molecular weight is 256 g/mol. The van der Waals surface area contributed by atoms with Crippen molar-refractivity contribution in [2.45, 2.75) is 6.04 Å². The summed E-state index contributed by atoms with van der Waals surface area (Å²) in [6, 6.07) is 2.29. The van der Waals surface area contributed by atoms with Gasteiger partial charge in [0.05, 0.1) is 5.69 Å². The smallest absolute Gasteiger partial charge is 0.321 e. The van der Waals surface area contributed by atoms with Crippen LogP contribution in [0, 0.1) is 0 Å². The van der Waals surface area contributed by atoms with Crippen LogP contribution in [0.1, 0.15) is 11.7 Å². The fraction of sp³-hybridized carbons (Fsp3) is 0.125. The minimum Gasteiger partial charge on any atom is -0.321 e. The Morgan fingerprint density at radius 1 is 1.36 bits per heavy atom. The van der Waals surface area contributed by atoms with Gasteiger partial charge in [-0.25, -0.2) is 4.79 Å². The van der Waals surface area contributed by atoms with Crippen molar-refractivity contribution >= 4 is 27.9 Å². The average Bonchev–Trinajstić information content (AvgIpc) is 2.47. The van der Waals surface area contributed by atoms with Gasteiger partial charge in [-0.3, -0.25) is 15.1 Å². The highest BCUT2D eigenvalue weighted by Crippen LogP contribution is 2.16. The third kappa shape index (κ3) is 1.60. The second-order valence-corrected chi connectivity index (χ2v) is 3.71. The zero-order valence-corrected chi connectivity index (χ0v) is 8.54. The standard InChI is InChI=1S/C8H6BrN3O2/c9-4-1-2-5(10-3-4)6-7(13)12-8(14)11-6/h1-3,6H,(H2,11,12,13,14). The molecular formula is C8H6BrN3O2. The molecule has 0 saturated carbocycles. The van der Waals surface area contributed by atoms with Crippen LogP contribution < -0.4 is 10.6 Å². The molecule has 2 heterocycles. The molecule has 1 saturated heterocycles. The minimum atomic E-state index is -0.671. The summed E-state index contributed by atoms with van der Waals surface area (Å²) in [5.41, 5.74) is 0.525. The molecule has 1 aromatic rings. The number of nitrogens with one attached hydrogen (secondary N) is 2. The lowest BCUT2D eigenvalue weighted by molar-refractivity contribution is -0.120. The van der Waals surface area contributed by atoms with Crippen LogP contribution >= 0.6 is 15.9 Å². The first kappa shape index (κ1) is 9.14. The van der Waals surface area contributed by atoms with Crippen LogP contribution in [0.2, 0.25) is 0 Å². The summed E-state index contributed by atoms with van der Waals surface area (Å²) in [4.78, 5) is 26.1. The van der Waals surface area contributed by atoms with E-state index in [0.29, 0.717) is 5.69 Å². The molecule has 2 rings (SSSR count). The summed E-state index contributed by atoms with van der Waals surface area (Å²) in [5.74, 6) is -0.371. The Balaban J connectivity index is 2.27. The van der Waals surface area contributed by atoms with Gasteiger partial charge < -0.3 is 5.32 Å². The molecule has 1 aliphatic heterocycles. The zero-order valence-electron chi connectivity index (χ0n) is 6.95. The first-order valence-electron chi connectivity index (χ1n) is 3.89. The molecule has 3 amide bonds. The van der Waals surface area contributed by atoms with E-state index in [-0.39, 0.29) is 5.91 Å². The number of hydrogen-bond donors (Lipinski definition) is 2. The molecule has 0 radical (unpaired) electrons. The number of nitrogens with zero attached hydrogens (tertiary/aromatic N) is 1. The van der Waals surface area contributed by atoms with Crippen LogP contribution in [0.25, 0.3) is 0 Å². The third-order valence-electron chi connectivity index (χ3n) is 1.82. The number of hydrogen-bond acceptors (Lipinski definition) is 3. The van der Waals surface area contributed by atoms with Crippen LogP contribution in [0.4, 0.5) is 4.79 Å². The van der Waals surface area contributed by atoms with Crippen molar-refractivity contribution in [3.63, 3.8) is 0 Å². The topological polar surface area (TPSA) is 71.1 Å². The number of carbonyl (C=O) groups is 2. The lowest BCUT2D eigenvalue weighted by Gasteiger charge is -2.05. The van der Waals surface area contributed by atoms with Crippen molar-refractivity contribution in [1.29, 1.82) is 0 Å². The van der Waals surface area contributed by atoms with Crippen molar-refractivity contribution in [3.05, 3.63) is 28.5 Å². The Bertz CT molecular complexity index is 390. The minimum absolute atomic E-state index is 0.371. The van der Waals surface area contributed by atoms with E-state index in [9.17, 15) is 9.59 Å². The largest absolute Gasteiger partial charge is 0.322 e. The highest BCUT2D eigenvalue weighted by atomic mass is 79.9. The Hall–Kier alpha value is -1.43. The van der Waals surface area contributed by atoms with E-state index in [4.69, 9.17) is 0 Å². The van der Waals surface area contributed by atoms with Gasteiger partial charge >= 0.3 is 6.03 Å². The van der Waals surface area contributed by atoms with Crippen molar-refractivity contribution in [2.75, 3.05) is 0 Å². The molecule has 72 valence electrons. The van der Waals surface area contributed by atoms with E-state index in [1.165, 1.54) is 0 Å². The van der Waals surface area contributed by atoms with Gasteiger partial charge in [-0.1, -0.05) is 0 Å². The molecule has 1 aromatic heterocycles. The van der Waals surface area contributed by atoms with E-state index in [2.05, 4.69) is 31.5 Å². The molecule has 0 bridgehead atoms.